The van der Waals surface area contributed by atoms with Crippen LogP contribution in [0.1, 0.15) is 0 Å². The van der Waals surface area contributed by atoms with Crippen molar-refractivity contribution in [1.82, 2.24) is 0 Å². The van der Waals surface area contributed by atoms with Gasteiger partial charge in [-0.2, -0.15) is 0 Å². The van der Waals surface area contributed by atoms with Crippen molar-refractivity contribution in [3.05, 3.63) is 0 Å². The standard InChI is InChI=1S/Nb.Ti.2Zr. The van der Waals surface area contributed by atoms with Gasteiger partial charge in [-0.05, 0) is 0 Å². The molecule has 0 aliphatic carbocycles. The fourth-order valence-electron chi connectivity index (χ4n) is 0. The van der Waals surface area contributed by atoms with Crippen molar-refractivity contribution in [3.8, 4) is 0 Å². The van der Waals surface area contributed by atoms with Crippen LogP contribution in [0.4, 0.5) is 0 Å². The second-order valence-corrected chi connectivity index (χ2v) is 0. The minimum absolute atomic E-state index is 0. The average Bonchev–Trinajstić information content (AvgIpc) is 0. The zero-order chi connectivity index (χ0) is 0. The molecule has 0 rings (SSSR count). The Balaban J connectivity index is 0. The molecular weight excluding hydrogens is 323 g/mol. The van der Waals surface area contributed by atoms with Gasteiger partial charge in [0.15, 0.2) is 0 Å². The summed E-state index contributed by atoms with van der Waals surface area (Å²) in [6.07, 6.45) is 0. The van der Waals surface area contributed by atoms with E-state index in [0.717, 1.165) is 0 Å². The molecule has 0 saturated carbocycles. The Hall–Kier alpha value is 3.22. The fraction of sp³-hybridized carbons (Fsp3) is 0. The van der Waals surface area contributed by atoms with E-state index >= 15 is 0 Å². The zero-order valence-corrected chi connectivity index (χ0v) is 10.6. The monoisotopic (exact) mass is 321 g/mol. The molecule has 0 unspecified atom stereocenters. The molecule has 0 aliphatic heterocycles. The van der Waals surface area contributed by atoms with Crippen molar-refractivity contribution in [2.75, 3.05) is 0 Å². The molecule has 0 fully saturated rings. The van der Waals surface area contributed by atoms with Gasteiger partial charge in [-0.25, -0.2) is 0 Å². The molecule has 0 saturated heterocycles. The first kappa shape index (κ1) is 26.9. The van der Waals surface area contributed by atoms with E-state index in [4.69, 9.17) is 0 Å². The van der Waals surface area contributed by atoms with Gasteiger partial charge in [-0.15, -0.1) is 0 Å². The van der Waals surface area contributed by atoms with Gasteiger partial charge in [0.05, 0.1) is 0 Å². The van der Waals surface area contributed by atoms with Crippen LogP contribution in [0.3, 0.4) is 0 Å². The molecule has 17 valence electrons. The quantitative estimate of drug-likeness (QED) is 0.550. The van der Waals surface area contributed by atoms with Gasteiger partial charge in [0.2, 0.25) is 0 Å². The van der Waals surface area contributed by atoms with Crippen LogP contribution in [0.15, 0.2) is 0 Å². The summed E-state index contributed by atoms with van der Waals surface area (Å²) in [7, 11) is 0. The summed E-state index contributed by atoms with van der Waals surface area (Å²) in [5.74, 6) is 0. The Morgan fingerprint density at radius 2 is 0.750 bits per heavy atom. The minimum Gasteiger partial charge on any atom is 0 e. The molecule has 0 nitrogen and oxygen atoms in total. The molecule has 0 N–H and O–H groups in total. The Kier molecular flexibility index (Phi) is 110. The Morgan fingerprint density at radius 3 is 0.750 bits per heavy atom. The predicted octanol–water partition coefficient (Wildman–Crippen LogP) is -0.0100. The molecule has 0 amide bonds. The second-order valence-electron chi connectivity index (χ2n) is 0. The summed E-state index contributed by atoms with van der Waals surface area (Å²) in [6, 6.07) is 0. The van der Waals surface area contributed by atoms with E-state index in [2.05, 4.69) is 0 Å². The second kappa shape index (κ2) is 16.3. The van der Waals surface area contributed by atoms with Crippen molar-refractivity contribution in [1.29, 1.82) is 0 Å². The molecule has 0 aliphatic rings. The zero-order valence-electron chi connectivity index (χ0n) is 1.95. The van der Waals surface area contributed by atoms with Gasteiger partial charge in [0, 0.05) is 96.5 Å². The summed E-state index contributed by atoms with van der Waals surface area (Å²) < 4.78 is 0. The average molecular weight is 323 g/mol. The van der Waals surface area contributed by atoms with Crippen molar-refractivity contribution >= 4 is 0 Å². The molecular formula is NbTiZr2. The largest absolute Gasteiger partial charge is 0 e. The Morgan fingerprint density at radius 1 is 0.750 bits per heavy atom. The fourth-order valence-corrected chi connectivity index (χ4v) is 0. The van der Waals surface area contributed by atoms with E-state index in [0.29, 0.717) is 0 Å². The summed E-state index contributed by atoms with van der Waals surface area (Å²) in [4.78, 5) is 0. The molecule has 0 atom stereocenters. The summed E-state index contributed by atoms with van der Waals surface area (Å²) >= 11 is 0. The molecule has 0 aromatic heterocycles. The first-order valence-corrected chi connectivity index (χ1v) is 0. The smallest absolute Gasteiger partial charge is 0 e. The van der Waals surface area contributed by atoms with Gasteiger partial charge >= 0.3 is 0 Å². The first-order valence-electron chi connectivity index (χ1n) is 0. The Labute approximate surface area is 94.5 Å². The Bertz CT molecular complexity index is 6.00. The van der Waals surface area contributed by atoms with Crippen LogP contribution in [0.5, 0.6) is 0 Å². The van der Waals surface area contributed by atoms with Crippen LogP contribution in [0.2, 0.25) is 0 Å². The number of hydrogen-bond acceptors (Lipinski definition) is 0. The molecule has 1 radical (unpaired) electrons. The topological polar surface area (TPSA) is 0 Å². The van der Waals surface area contributed by atoms with Crippen LogP contribution in [-0.4, -0.2) is 0 Å². The van der Waals surface area contributed by atoms with E-state index in [1.54, 1.807) is 0 Å². The summed E-state index contributed by atoms with van der Waals surface area (Å²) in [6.45, 7) is 0. The van der Waals surface area contributed by atoms with Gasteiger partial charge in [0.1, 0.15) is 0 Å². The molecule has 0 bridgehead atoms. The summed E-state index contributed by atoms with van der Waals surface area (Å²) in [5.41, 5.74) is 0. The van der Waals surface area contributed by atoms with E-state index in [1.165, 1.54) is 0 Å². The summed E-state index contributed by atoms with van der Waals surface area (Å²) in [5, 5.41) is 0. The molecule has 0 spiro atoms. The number of hydrogen-bond donors (Lipinski definition) is 0. The minimum atomic E-state index is 0. The third-order valence-electron chi connectivity index (χ3n) is 0. The van der Waals surface area contributed by atoms with Gasteiger partial charge in [0.25, 0.3) is 0 Å². The molecule has 4 heavy (non-hydrogen) atoms. The third kappa shape index (κ3) is 8.97. The van der Waals surface area contributed by atoms with Crippen LogP contribution < -0.4 is 0 Å². The first-order chi connectivity index (χ1) is 0. The molecule has 0 aromatic rings. The van der Waals surface area contributed by atoms with Crippen LogP contribution >= 0.6 is 0 Å². The van der Waals surface area contributed by atoms with Crippen molar-refractivity contribution in [3.63, 3.8) is 0 Å². The normalized spacial score (nSPS) is 0. The van der Waals surface area contributed by atoms with Gasteiger partial charge in [-0.1, -0.05) is 0 Å². The SMILES string of the molecule is [Nb].[Ti].[Zr].[Zr]. The maximum atomic E-state index is 0. The molecule has 0 aromatic carbocycles. The van der Waals surface area contributed by atoms with Gasteiger partial charge < -0.3 is 0 Å². The predicted molar refractivity (Wildman–Crippen MR) is 0 cm³/mol. The van der Waals surface area contributed by atoms with E-state index in [-0.39, 0.29) is 96.5 Å². The molecule has 0 heterocycles. The maximum Gasteiger partial charge on any atom is 0 e. The van der Waals surface area contributed by atoms with Crippen LogP contribution in [0.25, 0.3) is 0 Å². The van der Waals surface area contributed by atoms with E-state index in [9.17, 15) is 0 Å². The van der Waals surface area contributed by atoms with Crippen molar-refractivity contribution in [2.45, 2.75) is 0 Å². The molecule has 4 heteroatoms. The van der Waals surface area contributed by atoms with Crippen LogP contribution in [-0.2, 0) is 96.5 Å². The van der Waals surface area contributed by atoms with Gasteiger partial charge in [-0.3, -0.25) is 0 Å². The maximum absolute atomic E-state index is 0. The van der Waals surface area contributed by atoms with E-state index in [1.807, 2.05) is 0 Å². The van der Waals surface area contributed by atoms with Crippen LogP contribution in [0, 0.1) is 0 Å². The van der Waals surface area contributed by atoms with Crippen molar-refractivity contribution in [2.24, 2.45) is 0 Å². The van der Waals surface area contributed by atoms with E-state index < -0.39 is 0 Å². The number of rotatable bonds is 0. The van der Waals surface area contributed by atoms with Crippen molar-refractivity contribution < 1.29 is 96.5 Å². The third-order valence-corrected chi connectivity index (χ3v) is 0.